The van der Waals surface area contributed by atoms with E-state index in [9.17, 15) is 13.2 Å². The molecule has 1 aromatic heterocycles. The van der Waals surface area contributed by atoms with E-state index in [2.05, 4.69) is 17.0 Å². The number of rotatable bonds is 6. The second kappa shape index (κ2) is 7.46. The zero-order valence-electron chi connectivity index (χ0n) is 14.2. The van der Waals surface area contributed by atoms with Crippen molar-refractivity contribution in [1.82, 2.24) is 4.72 Å². The molecule has 0 aliphatic heterocycles. The Morgan fingerprint density at radius 3 is 2.33 bits per heavy atom. The van der Waals surface area contributed by atoms with Gasteiger partial charge in [-0.3, -0.25) is 4.79 Å². The highest BCUT2D eigenvalue weighted by Crippen LogP contribution is 2.23. The molecule has 24 heavy (non-hydrogen) atoms. The number of thiophene rings is 1. The van der Waals surface area contributed by atoms with Crippen molar-refractivity contribution >= 4 is 33.0 Å². The highest BCUT2D eigenvalue weighted by Gasteiger charge is 2.16. The van der Waals surface area contributed by atoms with Crippen molar-refractivity contribution in [3.63, 3.8) is 0 Å². The van der Waals surface area contributed by atoms with E-state index >= 15 is 0 Å². The second-order valence-electron chi connectivity index (χ2n) is 5.80. The summed E-state index contributed by atoms with van der Waals surface area (Å²) in [5, 5.41) is 2.80. The number of hydrogen-bond donors (Lipinski definition) is 2. The molecule has 1 aromatic carbocycles. The summed E-state index contributed by atoms with van der Waals surface area (Å²) in [4.78, 5) is 14.3. The maximum atomic E-state index is 12.3. The molecular formula is C17H22N2O3S2. The fourth-order valence-electron chi connectivity index (χ4n) is 2.27. The van der Waals surface area contributed by atoms with Crippen LogP contribution >= 0.6 is 11.3 Å². The molecule has 0 bridgehead atoms. The molecule has 2 rings (SSSR count). The number of carbonyl (C=O) groups is 1. The quantitative estimate of drug-likeness (QED) is 0.821. The van der Waals surface area contributed by atoms with Crippen molar-refractivity contribution in [2.24, 2.45) is 0 Å². The van der Waals surface area contributed by atoms with Gasteiger partial charge in [0.25, 0.3) is 5.91 Å². The van der Waals surface area contributed by atoms with Crippen LogP contribution in [0.1, 0.15) is 40.9 Å². The number of anilines is 1. The highest BCUT2D eigenvalue weighted by molar-refractivity contribution is 7.89. The minimum absolute atomic E-state index is 0.175. The van der Waals surface area contributed by atoms with Gasteiger partial charge in [-0.15, -0.1) is 11.3 Å². The Balaban J connectivity index is 2.12. The van der Waals surface area contributed by atoms with Gasteiger partial charge in [0.1, 0.15) is 0 Å². The van der Waals surface area contributed by atoms with Gasteiger partial charge in [-0.2, -0.15) is 0 Å². The number of aryl methyl sites for hydroxylation is 2. The zero-order chi connectivity index (χ0) is 17.9. The average molecular weight is 367 g/mol. The Morgan fingerprint density at radius 1 is 1.21 bits per heavy atom. The van der Waals surface area contributed by atoms with Crippen molar-refractivity contribution < 1.29 is 13.2 Å². The van der Waals surface area contributed by atoms with Crippen LogP contribution in [0.3, 0.4) is 0 Å². The van der Waals surface area contributed by atoms with Gasteiger partial charge in [0, 0.05) is 16.6 Å². The predicted molar refractivity (Wildman–Crippen MR) is 98.3 cm³/mol. The summed E-state index contributed by atoms with van der Waals surface area (Å²) in [6.45, 7) is 7.59. The van der Waals surface area contributed by atoms with Crippen molar-refractivity contribution in [2.75, 3.05) is 5.32 Å². The molecule has 0 unspecified atom stereocenters. The minimum Gasteiger partial charge on any atom is -0.321 e. The summed E-state index contributed by atoms with van der Waals surface area (Å²) in [6.07, 6.45) is 0.894. The first-order valence-corrected chi connectivity index (χ1v) is 10.1. The van der Waals surface area contributed by atoms with Gasteiger partial charge in [0.15, 0.2) is 0 Å². The summed E-state index contributed by atoms with van der Waals surface area (Å²) in [5.74, 6) is -0.182. The maximum Gasteiger partial charge on any atom is 0.265 e. The number of benzene rings is 1. The van der Waals surface area contributed by atoms with Crippen LogP contribution in [0.4, 0.5) is 5.69 Å². The molecule has 0 spiro atoms. The third-order valence-electron chi connectivity index (χ3n) is 3.44. The standard InChI is InChI=1S/C17H22N2O3S2/c1-5-13-10-16(23-12(13)4)17(20)18-14-6-8-15(9-7-14)24(21,22)19-11(2)3/h6-11,19H,5H2,1-4H3,(H,18,20). The summed E-state index contributed by atoms with van der Waals surface area (Å²) in [6, 6.07) is 7.88. The smallest absolute Gasteiger partial charge is 0.265 e. The summed E-state index contributed by atoms with van der Waals surface area (Å²) in [5.41, 5.74) is 1.74. The van der Waals surface area contributed by atoms with Crippen LogP contribution in [0.2, 0.25) is 0 Å². The molecule has 0 radical (unpaired) electrons. The fraction of sp³-hybridized carbons (Fsp3) is 0.353. The first-order chi connectivity index (χ1) is 11.2. The molecule has 0 aliphatic rings. The van der Waals surface area contributed by atoms with Crippen LogP contribution in [0.15, 0.2) is 35.2 Å². The molecule has 2 aromatic rings. The van der Waals surface area contributed by atoms with Crippen LogP contribution in [0.5, 0.6) is 0 Å². The molecule has 0 atom stereocenters. The predicted octanol–water partition coefficient (Wildman–Crippen LogP) is 3.56. The van der Waals surface area contributed by atoms with Gasteiger partial charge < -0.3 is 5.32 Å². The van der Waals surface area contributed by atoms with Crippen molar-refractivity contribution in [3.8, 4) is 0 Å². The highest BCUT2D eigenvalue weighted by atomic mass is 32.2. The van der Waals surface area contributed by atoms with Crippen LogP contribution in [0.25, 0.3) is 0 Å². The molecule has 0 saturated heterocycles. The summed E-state index contributed by atoms with van der Waals surface area (Å²) >= 11 is 1.46. The largest absolute Gasteiger partial charge is 0.321 e. The molecule has 2 N–H and O–H groups in total. The number of carbonyl (C=O) groups excluding carboxylic acids is 1. The summed E-state index contributed by atoms with van der Waals surface area (Å²) in [7, 11) is -3.52. The average Bonchev–Trinajstić information content (AvgIpc) is 2.88. The molecule has 7 heteroatoms. The van der Waals surface area contributed by atoms with Crippen LogP contribution in [-0.2, 0) is 16.4 Å². The molecule has 0 aliphatic carbocycles. The lowest BCUT2D eigenvalue weighted by atomic mass is 10.2. The van der Waals surface area contributed by atoms with Gasteiger partial charge in [-0.25, -0.2) is 13.1 Å². The van der Waals surface area contributed by atoms with Crippen LogP contribution in [-0.4, -0.2) is 20.4 Å². The van der Waals surface area contributed by atoms with Crippen molar-refractivity contribution in [2.45, 2.75) is 45.1 Å². The first-order valence-electron chi connectivity index (χ1n) is 7.76. The van der Waals surface area contributed by atoms with Crippen LogP contribution < -0.4 is 10.0 Å². The lowest BCUT2D eigenvalue weighted by Gasteiger charge is -2.10. The Hall–Kier alpha value is -1.70. The molecule has 1 heterocycles. The topological polar surface area (TPSA) is 75.3 Å². The van der Waals surface area contributed by atoms with E-state index in [0.717, 1.165) is 11.3 Å². The van der Waals surface area contributed by atoms with E-state index in [1.807, 2.05) is 13.0 Å². The molecular weight excluding hydrogens is 344 g/mol. The third kappa shape index (κ3) is 4.43. The van der Waals surface area contributed by atoms with E-state index in [-0.39, 0.29) is 16.8 Å². The normalized spacial score (nSPS) is 11.7. The number of hydrogen-bond acceptors (Lipinski definition) is 4. The number of sulfonamides is 1. The maximum absolute atomic E-state index is 12.3. The fourth-order valence-corrected chi connectivity index (χ4v) is 4.53. The molecule has 130 valence electrons. The molecule has 1 amide bonds. The molecule has 0 fully saturated rings. The Kier molecular flexibility index (Phi) is 5.79. The minimum atomic E-state index is -3.52. The van der Waals surface area contributed by atoms with E-state index in [1.54, 1.807) is 26.0 Å². The van der Waals surface area contributed by atoms with Gasteiger partial charge >= 0.3 is 0 Å². The van der Waals surface area contributed by atoms with Crippen molar-refractivity contribution in [3.05, 3.63) is 45.6 Å². The lowest BCUT2D eigenvalue weighted by Crippen LogP contribution is -2.30. The van der Waals surface area contributed by atoms with Gasteiger partial charge in [0.05, 0.1) is 9.77 Å². The monoisotopic (exact) mass is 366 g/mol. The zero-order valence-corrected chi connectivity index (χ0v) is 15.8. The van der Waals surface area contributed by atoms with Gasteiger partial charge in [-0.05, 0) is 63.1 Å². The molecule has 0 saturated carbocycles. The van der Waals surface area contributed by atoms with E-state index in [0.29, 0.717) is 10.6 Å². The summed E-state index contributed by atoms with van der Waals surface area (Å²) < 4.78 is 26.7. The Morgan fingerprint density at radius 2 is 1.83 bits per heavy atom. The number of amides is 1. The molecule has 5 nitrogen and oxygen atoms in total. The Bertz CT molecular complexity index is 822. The van der Waals surface area contributed by atoms with Gasteiger partial charge in [0.2, 0.25) is 10.0 Å². The first kappa shape index (κ1) is 18.6. The van der Waals surface area contributed by atoms with Crippen LogP contribution in [0, 0.1) is 6.92 Å². The Labute approximate surface area is 147 Å². The van der Waals surface area contributed by atoms with E-state index in [1.165, 1.54) is 29.0 Å². The third-order valence-corrected chi connectivity index (χ3v) is 6.20. The lowest BCUT2D eigenvalue weighted by molar-refractivity contribution is 0.103. The number of nitrogens with one attached hydrogen (secondary N) is 2. The van der Waals surface area contributed by atoms with Gasteiger partial charge in [-0.1, -0.05) is 6.92 Å². The SMILES string of the molecule is CCc1cc(C(=O)Nc2ccc(S(=O)(=O)NC(C)C)cc2)sc1C. The second-order valence-corrected chi connectivity index (χ2v) is 8.77. The van der Waals surface area contributed by atoms with E-state index in [4.69, 9.17) is 0 Å². The van der Waals surface area contributed by atoms with E-state index < -0.39 is 10.0 Å². The van der Waals surface area contributed by atoms with Crippen molar-refractivity contribution in [1.29, 1.82) is 0 Å².